The van der Waals surface area contributed by atoms with Gasteiger partial charge in [0.2, 0.25) is 0 Å². The molecule has 13 heavy (non-hydrogen) atoms. The highest BCUT2D eigenvalue weighted by molar-refractivity contribution is 5.76. The van der Waals surface area contributed by atoms with Crippen LogP contribution in [0.2, 0.25) is 0 Å². The minimum Gasteiger partial charge on any atom is -0.548 e. The molecule has 0 N–H and O–H groups in total. The first-order valence-electron chi connectivity index (χ1n) is 4.67. The third-order valence-corrected chi connectivity index (χ3v) is 2.68. The number of carbonyl (C=O) groups excluding carboxylic acids is 1. The standard InChI is InChI=1S/C10H17NO2/c1-4-6-8(3)10(5-2,7-11)9(12)13/h8H,4-6H2,1-3H3,(H,12,13)/p-1. The Bertz CT molecular complexity index is 219. The summed E-state index contributed by atoms with van der Waals surface area (Å²) in [7, 11) is 0. The molecule has 74 valence electrons. The summed E-state index contributed by atoms with van der Waals surface area (Å²) in [6.07, 6.45) is 1.94. The summed E-state index contributed by atoms with van der Waals surface area (Å²) in [5, 5.41) is 19.7. The Morgan fingerprint density at radius 3 is 2.38 bits per heavy atom. The predicted octanol–water partition coefficient (Wildman–Crippen LogP) is 1.09. The van der Waals surface area contributed by atoms with Crippen LogP contribution in [0.1, 0.15) is 40.0 Å². The van der Waals surface area contributed by atoms with Crippen LogP contribution in [0.3, 0.4) is 0 Å². The van der Waals surface area contributed by atoms with E-state index < -0.39 is 11.4 Å². The van der Waals surface area contributed by atoms with Crippen LogP contribution in [0.25, 0.3) is 0 Å². The second-order valence-corrected chi connectivity index (χ2v) is 3.41. The van der Waals surface area contributed by atoms with Crippen LogP contribution < -0.4 is 5.11 Å². The molecule has 0 aromatic heterocycles. The molecule has 3 heteroatoms. The Balaban J connectivity index is 4.78. The van der Waals surface area contributed by atoms with Crippen LogP contribution in [0.5, 0.6) is 0 Å². The quantitative estimate of drug-likeness (QED) is 0.639. The number of carbonyl (C=O) groups is 1. The summed E-state index contributed by atoms with van der Waals surface area (Å²) in [6, 6.07) is 1.89. The van der Waals surface area contributed by atoms with Crippen molar-refractivity contribution in [1.82, 2.24) is 0 Å². The van der Waals surface area contributed by atoms with E-state index in [1.54, 1.807) is 13.8 Å². The van der Waals surface area contributed by atoms with Crippen molar-refractivity contribution in [1.29, 1.82) is 5.26 Å². The summed E-state index contributed by atoms with van der Waals surface area (Å²) >= 11 is 0. The van der Waals surface area contributed by atoms with Gasteiger partial charge >= 0.3 is 0 Å². The summed E-state index contributed by atoms with van der Waals surface area (Å²) in [5.74, 6) is -1.38. The van der Waals surface area contributed by atoms with Crippen LogP contribution in [0, 0.1) is 22.7 Å². The van der Waals surface area contributed by atoms with Gasteiger partial charge in [0.15, 0.2) is 0 Å². The molecule has 0 aliphatic heterocycles. The first-order chi connectivity index (χ1) is 6.05. The Kier molecular flexibility index (Phi) is 4.47. The van der Waals surface area contributed by atoms with Gasteiger partial charge in [-0.1, -0.05) is 27.2 Å². The highest BCUT2D eigenvalue weighted by Crippen LogP contribution is 2.33. The molecule has 2 unspecified atom stereocenters. The molecule has 0 aliphatic rings. The number of nitriles is 1. The third kappa shape index (κ3) is 2.21. The fourth-order valence-corrected chi connectivity index (χ4v) is 1.61. The molecule has 0 fully saturated rings. The molecule has 2 atom stereocenters. The molecule has 0 aliphatic carbocycles. The normalized spacial score (nSPS) is 17.1. The van der Waals surface area contributed by atoms with Crippen LogP contribution >= 0.6 is 0 Å². The van der Waals surface area contributed by atoms with Gasteiger partial charge in [0, 0.05) is 0 Å². The highest BCUT2D eigenvalue weighted by atomic mass is 16.4. The molecule has 0 saturated heterocycles. The predicted molar refractivity (Wildman–Crippen MR) is 47.4 cm³/mol. The van der Waals surface area contributed by atoms with Crippen molar-refractivity contribution >= 4 is 5.97 Å². The molecule has 0 spiro atoms. The van der Waals surface area contributed by atoms with Crippen molar-refractivity contribution in [2.24, 2.45) is 11.3 Å². The lowest BCUT2D eigenvalue weighted by molar-refractivity contribution is -0.318. The van der Waals surface area contributed by atoms with Gasteiger partial charge in [-0.15, -0.1) is 0 Å². The second-order valence-electron chi connectivity index (χ2n) is 3.41. The van der Waals surface area contributed by atoms with Gasteiger partial charge in [0.25, 0.3) is 0 Å². The van der Waals surface area contributed by atoms with Crippen LogP contribution in [-0.2, 0) is 4.79 Å². The van der Waals surface area contributed by atoms with Crippen LogP contribution in [0.4, 0.5) is 0 Å². The van der Waals surface area contributed by atoms with Gasteiger partial charge in [0.1, 0.15) is 0 Å². The first-order valence-corrected chi connectivity index (χ1v) is 4.67. The maximum absolute atomic E-state index is 10.9. The van der Waals surface area contributed by atoms with Crippen molar-refractivity contribution in [2.45, 2.75) is 40.0 Å². The Labute approximate surface area is 79.4 Å². The average molecular weight is 182 g/mol. The number of hydrogen-bond donors (Lipinski definition) is 0. The fraction of sp³-hybridized carbons (Fsp3) is 0.800. The largest absolute Gasteiger partial charge is 0.548 e. The minimum absolute atomic E-state index is 0.141. The zero-order chi connectivity index (χ0) is 10.5. The van der Waals surface area contributed by atoms with E-state index in [2.05, 4.69) is 0 Å². The molecule has 0 rings (SSSR count). The Hall–Kier alpha value is -1.04. The van der Waals surface area contributed by atoms with Gasteiger partial charge in [-0.25, -0.2) is 0 Å². The van der Waals surface area contributed by atoms with E-state index in [1.165, 1.54) is 0 Å². The number of rotatable bonds is 5. The zero-order valence-electron chi connectivity index (χ0n) is 8.46. The molecule has 0 bridgehead atoms. The van der Waals surface area contributed by atoms with E-state index in [-0.39, 0.29) is 5.92 Å². The van der Waals surface area contributed by atoms with Crippen LogP contribution in [0.15, 0.2) is 0 Å². The van der Waals surface area contributed by atoms with Gasteiger partial charge in [-0.2, -0.15) is 5.26 Å². The second kappa shape index (κ2) is 4.86. The fourth-order valence-electron chi connectivity index (χ4n) is 1.61. The molecule has 0 amide bonds. The lowest BCUT2D eigenvalue weighted by Crippen LogP contribution is -2.45. The average Bonchev–Trinajstić information content (AvgIpc) is 2.07. The topological polar surface area (TPSA) is 63.9 Å². The highest BCUT2D eigenvalue weighted by Gasteiger charge is 2.35. The first kappa shape index (κ1) is 12.0. The third-order valence-electron chi connectivity index (χ3n) is 2.68. The lowest BCUT2D eigenvalue weighted by Gasteiger charge is -2.32. The molecular formula is C10H16NO2-. The van der Waals surface area contributed by atoms with E-state index in [1.807, 2.05) is 13.0 Å². The SMILES string of the molecule is CCCC(C)C(C#N)(CC)C(=O)[O-]. The van der Waals surface area contributed by atoms with Crippen molar-refractivity contribution in [3.8, 4) is 6.07 Å². The van der Waals surface area contributed by atoms with E-state index in [9.17, 15) is 9.90 Å². The van der Waals surface area contributed by atoms with E-state index in [0.717, 1.165) is 12.8 Å². The molecule has 3 nitrogen and oxygen atoms in total. The maximum Gasteiger partial charge on any atom is 0.0989 e. The number of carboxylic acid groups (broad SMARTS) is 1. The number of nitrogens with zero attached hydrogens (tertiary/aromatic N) is 1. The molecule has 0 saturated carbocycles. The van der Waals surface area contributed by atoms with Crippen molar-refractivity contribution in [3.05, 3.63) is 0 Å². The molecular weight excluding hydrogens is 166 g/mol. The number of aliphatic carboxylic acids is 1. The van der Waals surface area contributed by atoms with E-state index in [0.29, 0.717) is 6.42 Å². The molecule has 0 aromatic carbocycles. The smallest absolute Gasteiger partial charge is 0.0989 e. The van der Waals surface area contributed by atoms with Crippen molar-refractivity contribution in [3.63, 3.8) is 0 Å². The van der Waals surface area contributed by atoms with Gasteiger partial charge in [-0.05, 0) is 18.8 Å². The van der Waals surface area contributed by atoms with E-state index in [4.69, 9.17) is 5.26 Å². The monoisotopic (exact) mass is 182 g/mol. The summed E-state index contributed by atoms with van der Waals surface area (Å²) in [6.45, 7) is 5.49. The van der Waals surface area contributed by atoms with Crippen LogP contribution in [-0.4, -0.2) is 5.97 Å². The minimum atomic E-state index is -1.30. The zero-order valence-corrected chi connectivity index (χ0v) is 8.46. The number of carboxylic acids is 1. The van der Waals surface area contributed by atoms with E-state index >= 15 is 0 Å². The summed E-state index contributed by atoms with van der Waals surface area (Å²) in [4.78, 5) is 10.9. The molecule has 0 heterocycles. The Morgan fingerprint density at radius 1 is 1.62 bits per heavy atom. The summed E-state index contributed by atoms with van der Waals surface area (Å²) in [5.41, 5.74) is -1.30. The maximum atomic E-state index is 10.9. The summed E-state index contributed by atoms with van der Waals surface area (Å²) < 4.78 is 0. The van der Waals surface area contributed by atoms with Gasteiger partial charge in [0.05, 0.1) is 17.5 Å². The number of hydrogen-bond acceptors (Lipinski definition) is 3. The lowest BCUT2D eigenvalue weighted by atomic mass is 9.73. The molecule has 0 radical (unpaired) electrons. The van der Waals surface area contributed by atoms with Gasteiger partial charge in [-0.3, -0.25) is 0 Å². The molecule has 0 aromatic rings. The van der Waals surface area contributed by atoms with Gasteiger partial charge < -0.3 is 9.90 Å². The van der Waals surface area contributed by atoms with Crippen molar-refractivity contribution in [2.75, 3.05) is 0 Å². The van der Waals surface area contributed by atoms with Crippen molar-refractivity contribution < 1.29 is 9.90 Å². The Morgan fingerprint density at radius 2 is 2.15 bits per heavy atom.